The summed E-state index contributed by atoms with van der Waals surface area (Å²) in [7, 11) is 0. The third-order valence-electron chi connectivity index (χ3n) is 5.75. The van der Waals surface area contributed by atoms with Crippen molar-refractivity contribution < 1.29 is 18.4 Å². The molecule has 1 fully saturated rings. The Bertz CT molecular complexity index is 1110. The van der Waals surface area contributed by atoms with Gasteiger partial charge in [0.1, 0.15) is 0 Å². The molecule has 1 saturated heterocycles. The molecule has 3 heterocycles. The fourth-order valence-electron chi connectivity index (χ4n) is 3.94. The van der Waals surface area contributed by atoms with Crippen LogP contribution < -0.4 is 14.4 Å². The third-order valence-corrected chi connectivity index (χ3v) is 7.09. The smallest absolute Gasteiger partial charge is 0.250 e. The van der Waals surface area contributed by atoms with Crippen LogP contribution in [-0.2, 0) is 11.2 Å². The lowest BCUT2D eigenvalue weighted by atomic mass is 9.98. The highest BCUT2D eigenvalue weighted by Crippen LogP contribution is 2.36. The summed E-state index contributed by atoms with van der Waals surface area (Å²) in [6.45, 7) is 2.10. The van der Waals surface area contributed by atoms with Crippen LogP contribution in [0, 0.1) is 11.7 Å². The standard InChI is InChI=1S/C23H21ClFN3O3S/c24-18-11-26-23(27-12-18)28-7-5-15(6-8-28)13-30-20-3-1-16(9-19(20)25)17-2-4-21-22(10-17)32(29)14-31-21/h1-4,9-12,15H,5-8,13-14H2. The molecule has 166 valence electrons. The van der Waals surface area contributed by atoms with Gasteiger partial charge in [-0.05, 0) is 48.1 Å². The minimum atomic E-state index is -1.17. The van der Waals surface area contributed by atoms with Gasteiger partial charge in [-0.2, -0.15) is 0 Å². The van der Waals surface area contributed by atoms with Crippen LogP contribution in [0.3, 0.4) is 0 Å². The number of hydrogen-bond donors (Lipinski definition) is 0. The van der Waals surface area contributed by atoms with Crippen LogP contribution in [0.4, 0.5) is 10.3 Å². The van der Waals surface area contributed by atoms with Crippen molar-refractivity contribution in [2.75, 3.05) is 30.5 Å². The molecule has 9 heteroatoms. The van der Waals surface area contributed by atoms with Gasteiger partial charge in [-0.25, -0.2) is 14.4 Å². The molecule has 0 aliphatic carbocycles. The average molecular weight is 474 g/mol. The van der Waals surface area contributed by atoms with E-state index in [0.717, 1.165) is 31.5 Å². The summed E-state index contributed by atoms with van der Waals surface area (Å²) in [5.74, 6) is 1.64. The zero-order valence-electron chi connectivity index (χ0n) is 17.2. The van der Waals surface area contributed by atoms with Gasteiger partial charge in [-0.15, -0.1) is 0 Å². The van der Waals surface area contributed by atoms with E-state index >= 15 is 0 Å². The van der Waals surface area contributed by atoms with Crippen LogP contribution in [0.5, 0.6) is 11.5 Å². The van der Waals surface area contributed by atoms with E-state index in [1.807, 2.05) is 12.1 Å². The average Bonchev–Trinajstić information content (AvgIpc) is 3.19. The van der Waals surface area contributed by atoms with Crippen molar-refractivity contribution in [1.82, 2.24) is 9.97 Å². The van der Waals surface area contributed by atoms with Crippen molar-refractivity contribution in [3.8, 4) is 22.6 Å². The van der Waals surface area contributed by atoms with Crippen LogP contribution in [0.25, 0.3) is 11.1 Å². The molecule has 0 spiro atoms. The molecule has 1 unspecified atom stereocenters. The summed E-state index contributed by atoms with van der Waals surface area (Å²) < 4.78 is 37.9. The van der Waals surface area contributed by atoms with Crippen LogP contribution in [0.2, 0.25) is 5.02 Å². The predicted octanol–water partition coefficient (Wildman–Crippen LogP) is 4.69. The largest absolute Gasteiger partial charge is 0.609 e. The first-order valence-electron chi connectivity index (χ1n) is 10.4. The van der Waals surface area contributed by atoms with Gasteiger partial charge in [0.25, 0.3) is 5.94 Å². The van der Waals surface area contributed by atoms with Crippen molar-refractivity contribution >= 4 is 28.7 Å². The maximum atomic E-state index is 14.7. The van der Waals surface area contributed by atoms with Crippen LogP contribution in [-0.4, -0.2) is 40.2 Å². The third kappa shape index (κ3) is 4.48. The molecule has 0 bridgehead atoms. The highest BCUT2D eigenvalue weighted by Gasteiger charge is 2.27. The van der Waals surface area contributed by atoms with E-state index in [-0.39, 0.29) is 11.7 Å². The Labute approximate surface area is 193 Å². The summed E-state index contributed by atoms with van der Waals surface area (Å²) in [6, 6.07) is 10.3. The fourth-order valence-corrected chi connectivity index (χ4v) is 5.01. The molecule has 1 aromatic heterocycles. The molecule has 6 nitrogen and oxygen atoms in total. The lowest BCUT2D eigenvalue weighted by Gasteiger charge is -2.31. The molecule has 1 atom stereocenters. The molecule has 0 amide bonds. The number of aromatic nitrogens is 2. The Kier molecular flexibility index (Phi) is 6.08. The fraction of sp³-hybridized carbons (Fsp3) is 0.304. The summed E-state index contributed by atoms with van der Waals surface area (Å²) in [5, 5.41) is 0.519. The van der Waals surface area contributed by atoms with E-state index in [2.05, 4.69) is 14.9 Å². The number of benzene rings is 2. The number of halogens is 2. The Morgan fingerprint density at radius 1 is 1.12 bits per heavy atom. The molecule has 2 aliphatic rings. The second-order valence-electron chi connectivity index (χ2n) is 7.86. The molecule has 2 aromatic carbocycles. The quantitative estimate of drug-likeness (QED) is 0.501. The van der Waals surface area contributed by atoms with Gasteiger partial charge >= 0.3 is 0 Å². The SMILES string of the molecule is [O-][S+]1COc2ccc(-c3ccc(OCC4CCN(c5ncc(Cl)cn5)CC4)c(F)c3)cc21. The summed E-state index contributed by atoms with van der Waals surface area (Å²) in [6.07, 6.45) is 5.03. The molecule has 0 N–H and O–H groups in total. The molecular formula is C23H21ClFN3O3S. The van der Waals surface area contributed by atoms with Gasteiger partial charge < -0.3 is 18.9 Å². The molecule has 5 rings (SSSR count). The van der Waals surface area contributed by atoms with E-state index in [9.17, 15) is 8.94 Å². The normalized spacial score (nSPS) is 18.3. The van der Waals surface area contributed by atoms with Gasteiger partial charge in [0.05, 0.1) is 24.0 Å². The van der Waals surface area contributed by atoms with E-state index in [0.29, 0.717) is 39.7 Å². The Morgan fingerprint density at radius 2 is 1.84 bits per heavy atom. The van der Waals surface area contributed by atoms with Crippen LogP contribution in [0.1, 0.15) is 12.8 Å². The zero-order chi connectivity index (χ0) is 22.1. The van der Waals surface area contributed by atoms with Gasteiger partial charge in [0, 0.05) is 30.3 Å². The van der Waals surface area contributed by atoms with Gasteiger partial charge in [0.2, 0.25) is 5.95 Å². The maximum Gasteiger partial charge on any atom is 0.250 e. The van der Waals surface area contributed by atoms with Crippen LogP contribution in [0.15, 0.2) is 53.7 Å². The van der Waals surface area contributed by atoms with Crippen molar-refractivity contribution in [1.29, 1.82) is 0 Å². The van der Waals surface area contributed by atoms with Crippen molar-refractivity contribution in [2.24, 2.45) is 5.92 Å². The molecule has 3 aromatic rings. The first kappa shape index (κ1) is 21.3. The molecule has 32 heavy (non-hydrogen) atoms. The van der Waals surface area contributed by atoms with Gasteiger partial charge in [0.15, 0.2) is 22.2 Å². The van der Waals surface area contributed by atoms with Crippen molar-refractivity contribution in [3.05, 3.63) is 59.6 Å². The first-order chi connectivity index (χ1) is 15.6. The maximum absolute atomic E-state index is 14.7. The Morgan fingerprint density at radius 3 is 2.59 bits per heavy atom. The second-order valence-corrected chi connectivity index (χ2v) is 9.66. The summed E-state index contributed by atoms with van der Waals surface area (Å²) >= 11 is 4.68. The van der Waals surface area contributed by atoms with Crippen LogP contribution >= 0.6 is 11.6 Å². The number of rotatable bonds is 5. The molecular weight excluding hydrogens is 453 g/mol. The second kappa shape index (κ2) is 9.13. The van der Waals surface area contributed by atoms with Gasteiger partial charge in [-0.1, -0.05) is 23.7 Å². The highest BCUT2D eigenvalue weighted by molar-refractivity contribution is 7.91. The minimum Gasteiger partial charge on any atom is -0.609 e. The van der Waals surface area contributed by atoms with E-state index in [1.165, 1.54) is 6.07 Å². The predicted molar refractivity (Wildman–Crippen MR) is 121 cm³/mol. The lowest BCUT2D eigenvalue weighted by Crippen LogP contribution is -2.36. The summed E-state index contributed by atoms with van der Waals surface area (Å²) in [4.78, 5) is 11.3. The molecule has 2 aliphatic heterocycles. The van der Waals surface area contributed by atoms with E-state index < -0.39 is 17.0 Å². The van der Waals surface area contributed by atoms with Gasteiger partial charge in [-0.3, -0.25) is 0 Å². The van der Waals surface area contributed by atoms with E-state index in [1.54, 1.807) is 30.6 Å². The Hall–Kier alpha value is -2.55. The summed E-state index contributed by atoms with van der Waals surface area (Å²) in [5.41, 5.74) is 1.50. The Balaban J connectivity index is 1.18. The van der Waals surface area contributed by atoms with Crippen molar-refractivity contribution in [3.63, 3.8) is 0 Å². The topological polar surface area (TPSA) is 70.5 Å². The zero-order valence-corrected chi connectivity index (χ0v) is 18.7. The first-order valence-corrected chi connectivity index (χ1v) is 12.1. The lowest BCUT2D eigenvalue weighted by molar-refractivity contribution is 0.215. The molecule has 0 saturated carbocycles. The number of nitrogens with zero attached hydrogens (tertiary/aromatic N) is 3. The van der Waals surface area contributed by atoms with E-state index in [4.69, 9.17) is 21.1 Å². The highest BCUT2D eigenvalue weighted by atomic mass is 35.5. The number of piperidine rings is 1. The number of hydrogen-bond acceptors (Lipinski definition) is 6. The minimum absolute atomic E-state index is 0.172. The number of ether oxygens (including phenoxy) is 2. The van der Waals surface area contributed by atoms with Crippen molar-refractivity contribution in [2.45, 2.75) is 17.7 Å². The molecule has 0 radical (unpaired) electrons. The monoisotopic (exact) mass is 473 g/mol. The number of anilines is 1. The number of fused-ring (bicyclic) bond motifs is 1.